The molecular formula is C9H16N2O. The average Bonchev–Trinajstić information content (AvgIpc) is 2.47. The minimum Gasteiger partial charge on any atom is -0.377 e. The Morgan fingerprint density at radius 3 is 2.83 bits per heavy atom. The van der Waals surface area contributed by atoms with E-state index in [0.29, 0.717) is 18.7 Å². The van der Waals surface area contributed by atoms with E-state index >= 15 is 0 Å². The number of nitriles is 1. The molecule has 1 heterocycles. The van der Waals surface area contributed by atoms with Crippen molar-refractivity contribution in [3.8, 4) is 6.07 Å². The first kappa shape index (κ1) is 9.50. The highest BCUT2D eigenvalue weighted by atomic mass is 16.5. The van der Waals surface area contributed by atoms with Gasteiger partial charge in [-0.1, -0.05) is 6.92 Å². The fourth-order valence-electron chi connectivity index (χ4n) is 1.75. The van der Waals surface area contributed by atoms with Gasteiger partial charge in [0.25, 0.3) is 0 Å². The molecule has 3 nitrogen and oxygen atoms in total. The number of rotatable bonds is 3. The van der Waals surface area contributed by atoms with Crippen LogP contribution >= 0.6 is 0 Å². The predicted molar refractivity (Wildman–Crippen MR) is 46.7 cm³/mol. The van der Waals surface area contributed by atoms with E-state index < -0.39 is 0 Å². The highest BCUT2D eigenvalue weighted by Crippen LogP contribution is 2.18. The van der Waals surface area contributed by atoms with Crippen LogP contribution in [-0.2, 0) is 4.74 Å². The molecule has 0 aromatic heterocycles. The third-order valence-corrected chi connectivity index (χ3v) is 2.49. The van der Waals surface area contributed by atoms with Crippen molar-refractivity contribution in [3.05, 3.63) is 0 Å². The number of nitrogens with zero attached hydrogens (tertiary/aromatic N) is 2. The van der Waals surface area contributed by atoms with E-state index in [0.717, 1.165) is 19.6 Å². The van der Waals surface area contributed by atoms with Crippen molar-refractivity contribution in [2.24, 2.45) is 0 Å². The van der Waals surface area contributed by atoms with Crippen LogP contribution in [-0.4, -0.2) is 36.7 Å². The quantitative estimate of drug-likeness (QED) is 0.590. The highest BCUT2D eigenvalue weighted by Gasteiger charge is 2.28. The second-order valence-electron chi connectivity index (χ2n) is 3.15. The lowest BCUT2D eigenvalue weighted by Crippen LogP contribution is -2.39. The van der Waals surface area contributed by atoms with Gasteiger partial charge in [0.05, 0.1) is 18.7 Å². The van der Waals surface area contributed by atoms with Gasteiger partial charge in [-0.25, -0.2) is 0 Å². The zero-order chi connectivity index (χ0) is 8.97. The molecule has 0 saturated carbocycles. The molecule has 0 amide bonds. The van der Waals surface area contributed by atoms with Crippen LogP contribution in [0.1, 0.15) is 20.3 Å². The zero-order valence-corrected chi connectivity index (χ0v) is 7.79. The molecule has 2 atom stereocenters. The lowest BCUT2D eigenvalue weighted by atomic mass is 10.1. The van der Waals surface area contributed by atoms with Crippen LogP contribution in [0, 0.1) is 11.3 Å². The van der Waals surface area contributed by atoms with Gasteiger partial charge in [0, 0.05) is 12.6 Å². The highest BCUT2D eigenvalue weighted by molar-refractivity contribution is 4.86. The second-order valence-corrected chi connectivity index (χ2v) is 3.15. The Balaban J connectivity index is 2.47. The SMILES string of the molecule is CCN(CC#N)C1CCOC1C. The van der Waals surface area contributed by atoms with E-state index in [2.05, 4.69) is 24.8 Å². The van der Waals surface area contributed by atoms with Crippen molar-refractivity contribution in [2.45, 2.75) is 32.4 Å². The van der Waals surface area contributed by atoms with Gasteiger partial charge in [0.1, 0.15) is 0 Å². The van der Waals surface area contributed by atoms with Crippen molar-refractivity contribution in [2.75, 3.05) is 19.7 Å². The molecule has 1 aliphatic rings. The van der Waals surface area contributed by atoms with Crippen LogP contribution in [0.15, 0.2) is 0 Å². The first-order valence-electron chi connectivity index (χ1n) is 4.52. The molecule has 0 radical (unpaired) electrons. The predicted octanol–water partition coefficient (Wildman–Crippen LogP) is 1.01. The number of likely N-dealkylation sites (N-methyl/N-ethyl adjacent to an activating group) is 1. The summed E-state index contributed by atoms with van der Waals surface area (Å²) >= 11 is 0. The van der Waals surface area contributed by atoms with Gasteiger partial charge in [-0.2, -0.15) is 5.26 Å². The molecule has 2 unspecified atom stereocenters. The first-order chi connectivity index (χ1) is 5.79. The lowest BCUT2D eigenvalue weighted by Gasteiger charge is -2.26. The van der Waals surface area contributed by atoms with E-state index in [1.165, 1.54) is 0 Å². The smallest absolute Gasteiger partial charge is 0.0869 e. The van der Waals surface area contributed by atoms with Crippen LogP contribution in [0.5, 0.6) is 0 Å². The molecule has 0 aliphatic carbocycles. The Bertz CT molecular complexity index is 176. The summed E-state index contributed by atoms with van der Waals surface area (Å²) in [7, 11) is 0. The molecule has 0 aromatic carbocycles. The van der Waals surface area contributed by atoms with Gasteiger partial charge in [0.2, 0.25) is 0 Å². The van der Waals surface area contributed by atoms with E-state index in [1.807, 2.05) is 0 Å². The molecule has 0 N–H and O–H groups in total. The summed E-state index contributed by atoms with van der Waals surface area (Å²) in [5.41, 5.74) is 0. The van der Waals surface area contributed by atoms with Crippen molar-refractivity contribution in [1.29, 1.82) is 5.26 Å². The average molecular weight is 168 g/mol. The first-order valence-corrected chi connectivity index (χ1v) is 4.52. The van der Waals surface area contributed by atoms with E-state index in [1.54, 1.807) is 0 Å². The molecule has 1 saturated heterocycles. The van der Waals surface area contributed by atoms with E-state index in [4.69, 9.17) is 10.00 Å². The Hall–Kier alpha value is -0.590. The van der Waals surface area contributed by atoms with Crippen LogP contribution < -0.4 is 0 Å². The fourth-order valence-corrected chi connectivity index (χ4v) is 1.75. The van der Waals surface area contributed by atoms with Crippen LogP contribution in [0.25, 0.3) is 0 Å². The van der Waals surface area contributed by atoms with Crippen LogP contribution in [0.4, 0.5) is 0 Å². The minimum atomic E-state index is 0.290. The summed E-state index contributed by atoms with van der Waals surface area (Å²) in [5.74, 6) is 0. The summed E-state index contributed by atoms with van der Waals surface area (Å²) in [6.07, 6.45) is 1.36. The second kappa shape index (κ2) is 4.44. The topological polar surface area (TPSA) is 36.3 Å². The summed E-state index contributed by atoms with van der Waals surface area (Å²) < 4.78 is 5.44. The number of ether oxygens (including phenoxy) is 1. The van der Waals surface area contributed by atoms with Gasteiger partial charge in [-0.15, -0.1) is 0 Å². The zero-order valence-electron chi connectivity index (χ0n) is 7.79. The van der Waals surface area contributed by atoms with Crippen LogP contribution in [0.3, 0.4) is 0 Å². The maximum atomic E-state index is 8.58. The summed E-state index contributed by atoms with van der Waals surface area (Å²) in [5, 5.41) is 8.58. The Labute approximate surface area is 73.9 Å². The fraction of sp³-hybridized carbons (Fsp3) is 0.889. The number of hydrogen-bond donors (Lipinski definition) is 0. The minimum absolute atomic E-state index is 0.290. The normalized spacial score (nSPS) is 29.2. The molecule has 0 bridgehead atoms. The van der Waals surface area contributed by atoms with Crippen molar-refractivity contribution in [1.82, 2.24) is 4.90 Å². The molecule has 1 rings (SSSR count). The van der Waals surface area contributed by atoms with E-state index in [-0.39, 0.29) is 0 Å². The van der Waals surface area contributed by atoms with Gasteiger partial charge in [-0.05, 0) is 19.9 Å². The van der Waals surface area contributed by atoms with Gasteiger partial charge in [0.15, 0.2) is 0 Å². The Morgan fingerprint density at radius 1 is 1.67 bits per heavy atom. The van der Waals surface area contributed by atoms with Gasteiger partial charge in [-0.3, -0.25) is 4.90 Å². The molecule has 0 spiro atoms. The largest absolute Gasteiger partial charge is 0.377 e. The third kappa shape index (κ3) is 1.96. The third-order valence-electron chi connectivity index (χ3n) is 2.49. The molecule has 68 valence electrons. The molecule has 1 aliphatic heterocycles. The molecule has 12 heavy (non-hydrogen) atoms. The Morgan fingerprint density at radius 2 is 2.42 bits per heavy atom. The van der Waals surface area contributed by atoms with Gasteiger partial charge < -0.3 is 4.74 Å². The van der Waals surface area contributed by atoms with Crippen molar-refractivity contribution >= 4 is 0 Å². The molecular weight excluding hydrogens is 152 g/mol. The molecule has 1 fully saturated rings. The number of hydrogen-bond acceptors (Lipinski definition) is 3. The summed E-state index contributed by atoms with van der Waals surface area (Å²) in [6, 6.07) is 2.64. The Kier molecular flexibility index (Phi) is 3.51. The summed E-state index contributed by atoms with van der Waals surface area (Å²) in [6.45, 7) is 6.47. The maximum absolute atomic E-state index is 8.58. The molecule has 0 aromatic rings. The van der Waals surface area contributed by atoms with Crippen LogP contribution in [0.2, 0.25) is 0 Å². The molecule has 3 heteroatoms. The van der Waals surface area contributed by atoms with Gasteiger partial charge >= 0.3 is 0 Å². The maximum Gasteiger partial charge on any atom is 0.0869 e. The van der Waals surface area contributed by atoms with Crippen molar-refractivity contribution < 1.29 is 4.74 Å². The standard InChI is InChI=1S/C9H16N2O/c1-3-11(6-5-10)9-4-7-12-8(9)2/h8-9H,3-4,6-7H2,1-2H3. The van der Waals surface area contributed by atoms with E-state index in [9.17, 15) is 0 Å². The monoisotopic (exact) mass is 168 g/mol. The van der Waals surface area contributed by atoms with Crippen molar-refractivity contribution in [3.63, 3.8) is 0 Å². The lowest BCUT2D eigenvalue weighted by molar-refractivity contribution is 0.0810. The summed E-state index contributed by atoms with van der Waals surface area (Å²) in [4.78, 5) is 2.18.